The van der Waals surface area contributed by atoms with E-state index in [1.807, 2.05) is 0 Å². The van der Waals surface area contributed by atoms with Gasteiger partial charge in [-0.05, 0) is 24.3 Å². The first-order chi connectivity index (χ1) is 8.94. The Morgan fingerprint density at radius 3 is 2.68 bits per heavy atom. The van der Waals surface area contributed by atoms with Crippen LogP contribution in [0.2, 0.25) is 0 Å². The maximum Gasteiger partial charge on any atom is 0.279 e. The molecule has 0 spiro atoms. The number of ether oxygens (including phenoxy) is 1. The van der Waals surface area contributed by atoms with E-state index in [4.69, 9.17) is 4.74 Å². The molecule has 0 radical (unpaired) electrons. The maximum atomic E-state index is 12.2. The molecule has 1 aromatic heterocycles. The van der Waals surface area contributed by atoms with Crippen LogP contribution < -0.4 is 9.46 Å². The van der Waals surface area contributed by atoms with Crippen LogP contribution in [0.3, 0.4) is 0 Å². The van der Waals surface area contributed by atoms with Crippen LogP contribution >= 0.6 is 15.9 Å². The average Bonchev–Trinajstić information content (AvgIpc) is 2.76. The minimum atomic E-state index is -3.70. The number of hydrogen-bond acceptors (Lipinski definition) is 4. The van der Waals surface area contributed by atoms with Crippen LogP contribution in [0.15, 0.2) is 40.0 Å². The molecular formula is C11H12BrN3O3S. The van der Waals surface area contributed by atoms with Crippen molar-refractivity contribution >= 4 is 31.6 Å². The van der Waals surface area contributed by atoms with Gasteiger partial charge in [-0.2, -0.15) is 13.5 Å². The Kier molecular flexibility index (Phi) is 3.81. The van der Waals surface area contributed by atoms with Crippen molar-refractivity contribution in [2.45, 2.75) is 5.03 Å². The number of hydrogen-bond donors (Lipinski definition) is 1. The third-order valence-corrected chi connectivity index (χ3v) is 4.39. The van der Waals surface area contributed by atoms with E-state index in [1.54, 1.807) is 25.2 Å². The number of sulfonamides is 1. The second kappa shape index (κ2) is 5.22. The van der Waals surface area contributed by atoms with E-state index in [1.165, 1.54) is 24.1 Å². The quantitative estimate of drug-likeness (QED) is 0.919. The van der Waals surface area contributed by atoms with Crippen molar-refractivity contribution in [1.82, 2.24) is 9.78 Å². The van der Waals surface area contributed by atoms with Gasteiger partial charge < -0.3 is 4.74 Å². The monoisotopic (exact) mass is 345 g/mol. The van der Waals surface area contributed by atoms with E-state index in [2.05, 4.69) is 25.8 Å². The van der Waals surface area contributed by atoms with Gasteiger partial charge in [-0.1, -0.05) is 15.9 Å². The molecule has 0 amide bonds. The zero-order valence-electron chi connectivity index (χ0n) is 10.3. The molecule has 102 valence electrons. The molecule has 0 atom stereocenters. The zero-order chi connectivity index (χ0) is 14.0. The lowest BCUT2D eigenvalue weighted by molar-refractivity contribution is 0.417. The standard InChI is InChI=1S/C11H12BrN3O3S/c1-15-11(5-6-13-15)19(16,17)14-9-7-8(12)3-4-10(9)18-2/h3-7,14H,1-2H3. The van der Waals surface area contributed by atoms with E-state index in [0.717, 1.165) is 4.47 Å². The molecule has 0 aliphatic rings. The third-order valence-electron chi connectivity index (χ3n) is 2.46. The number of rotatable bonds is 4. The second-order valence-electron chi connectivity index (χ2n) is 3.74. The van der Waals surface area contributed by atoms with Crippen LogP contribution in [0.25, 0.3) is 0 Å². The van der Waals surface area contributed by atoms with E-state index in [0.29, 0.717) is 11.4 Å². The van der Waals surface area contributed by atoms with Gasteiger partial charge in [0.1, 0.15) is 5.75 Å². The van der Waals surface area contributed by atoms with Crippen LogP contribution in [-0.4, -0.2) is 25.3 Å². The summed E-state index contributed by atoms with van der Waals surface area (Å²) in [6.45, 7) is 0. The third kappa shape index (κ3) is 2.90. The van der Waals surface area contributed by atoms with Gasteiger partial charge in [0.2, 0.25) is 0 Å². The van der Waals surface area contributed by atoms with Crippen molar-refractivity contribution in [2.75, 3.05) is 11.8 Å². The number of aromatic nitrogens is 2. The van der Waals surface area contributed by atoms with Gasteiger partial charge in [0.25, 0.3) is 10.0 Å². The number of nitrogens with zero attached hydrogens (tertiary/aromatic N) is 2. The Labute approximate surface area is 119 Å². The van der Waals surface area contributed by atoms with E-state index in [9.17, 15) is 8.42 Å². The SMILES string of the molecule is COc1ccc(Br)cc1NS(=O)(=O)c1ccnn1C. The van der Waals surface area contributed by atoms with Crippen LogP contribution in [0.5, 0.6) is 5.75 Å². The molecule has 0 saturated carbocycles. The summed E-state index contributed by atoms with van der Waals surface area (Å²) in [6, 6.07) is 6.49. The Hall–Kier alpha value is -1.54. The Morgan fingerprint density at radius 1 is 1.37 bits per heavy atom. The van der Waals surface area contributed by atoms with E-state index < -0.39 is 10.0 Å². The number of aryl methyl sites for hydroxylation is 1. The van der Waals surface area contributed by atoms with Gasteiger partial charge >= 0.3 is 0 Å². The van der Waals surface area contributed by atoms with Gasteiger partial charge in [-0.25, -0.2) is 0 Å². The summed E-state index contributed by atoms with van der Waals surface area (Å²) in [5.41, 5.74) is 0.359. The fraction of sp³-hybridized carbons (Fsp3) is 0.182. The van der Waals surface area contributed by atoms with Crippen molar-refractivity contribution in [2.24, 2.45) is 7.05 Å². The van der Waals surface area contributed by atoms with Crippen molar-refractivity contribution in [3.63, 3.8) is 0 Å². The molecule has 1 heterocycles. The summed E-state index contributed by atoms with van der Waals surface area (Å²) < 4.78 is 34.1. The lowest BCUT2D eigenvalue weighted by atomic mass is 10.3. The highest BCUT2D eigenvalue weighted by Gasteiger charge is 2.19. The minimum Gasteiger partial charge on any atom is -0.495 e. The minimum absolute atomic E-state index is 0.0783. The molecule has 0 aliphatic heterocycles. The molecule has 2 rings (SSSR count). The van der Waals surface area contributed by atoms with E-state index in [-0.39, 0.29) is 5.03 Å². The Bertz CT molecular complexity index is 697. The van der Waals surface area contributed by atoms with Crippen LogP contribution in [0.4, 0.5) is 5.69 Å². The van der Waals surface area contributed by atoms with Crippen LogP contribution in [0.1, 0.15) is 0 Å². The van der Waals surface area contributed by atoms with Crippen molar-refractivity contribution < 1.29 is 13.2 Å². The molecule has 19 heavy (non-hydrogen) atoms. The lowest BCUT2D eigenvalue weighted by Gasteiger charge is -2.12. The Morgan fingerprint density at radius 2 is 2.11 bits per heavy atom. The smallest absolute Gasteiger partial charge is 0.279 e. The second-order valence-corrected chi connectivity index (χ2v) is 6.29. The predicted octanol–water partition coefficient (Wildman–Crippen LogP) is 1.99. The molecule has 2 aromatic rings. The van der Waals surface area contributed by atoms with Gasteiger partial charge in [0, 0.05) is 11.5 Å². The first-order valence-electron chi connectivity index (χ1n) is 5.28. The molecule has 0 saturated heterocycles. The summed E-state index contributed by atoms with van der Waals surface area (Å²) in [6.07, 6.45) is 1.42. The van der Waals surface area contributed by atoms with Gasteiger partial charge in [0.05, 0.1) is 19.0 Å². The highest BCUT2D eigenvalue weighted by atomic mass is 79.9. The molecule has 1 aromatic carbocycles. The molecular weight excluding hydrogens is 334 g/mol. The molecule has 6 nitrogen and oxygen atoms in total. The molecule has 0 aliphatic carbocycles. The molecule has 0 fully saturated rings. The number of methoxy groups -OCH3 is 1. The molecule has 8 heteroatoms. The number of benzene rings is 1. The van der Waals surface area contributed by atoms with Gasteiger partial charge in [0.15, 0.2) is 5.03 Å². The number of anilines is 1. The topological polar surface area (TPSA) is 73.2 Å². The first kappa shape index (κ1) is 13.9. The summed E-state index contributed by atoms with van der Waals surface area (Å²) >= 11 is 3.29. The van der Waals surface area contributed by atoms with Gasteiger partial charge in [-0.3, -0.25) is 9.40 Å². The fourth-order valence-corrected chi connectivity index (χ4v) is 3.13. The Balaban J connectivity index is 2.41. The van der Waals surface area contributed by atoms with Gasteiger partial charge in [-0.15, -0.1) is 0 Å². The number of halogens is 1. The lowest BCUT2D eigenvalue weighted by Crippen LogP contribution is -2.17. The molecule has 1 N–H and O–H groups in total. The fourth-order valence-electron chi connectivity index (χ4n) is 1.58. The molecule has 0 unspecified atom stereocenters. The maximum absolute atomic E-state index is 12.2. The summed E-state index contributed by atoms with van der Waals surface area (Å²) in [7, 11) is -0.661. The average molecular weight is 346 g/mol. The highest BCUT2D eigenvalue weighted by molar-refractivity contribution is 9.10. The first-order valence-corrected chi connectivity index (χ1v) is 7.56. The molecule has 0 bridgehead atoms. The van der Waals surface area contributed by atoms with Crippen molar-refractivity contribution in [3.8, 4) is 5.75 Å². The van der Waals surface area contributed by atoms with Crippen molar-refractivity contribution in [1.29, 1.82) is 0 Å². The normalized spacial score (nSPS) is 11.3. The summed E-state index contributed by atoms with van der Waals surface area (Å²) in [5.74, 6) is 0.439. The number of nitrogens with one attached hydrogen (secondary N) is 1. The van der Waals surface area contributed by atoms with E-state index >= 15 is 0 Å². The zero-order valence-corrected chi connectivity index (χ0v) is 12.7. The summed E-state index contributed by atoms with van der Waals surface area (Å²) in [5, 5.41) is 3.92. The largest absolute Gasteiger partial charge is 0.495 e. The van der Waals surface area contributed by atoms with Crippen LogP contribution in [0, 0.1) is 0 Å². The predicted molar refractivity (Wildman–Crippen MR) is 74.7 cm³/mol. The van der Waals surface area contributed by atoms with Crippen LogP contribution in [-0.2, 0) is 17.1 Å². The van der Waals surface area contributed by atoms with Crippen molar-refractivity contribution in [3.05, 3.63) is 34.9 Å². The highest BCUT2D eigenvalue weighted by Crippen LogP contribution is 2.29. The summed E-state index contributed by atoms with van der Waals surface area (Å²) in [4.78, 5) is 0.